The van der Waals surface area contributed by atoms with Gasteiger partial charge in [0, 0.05) is 13.6 Å². The molecule has 0 aromatic rings. The molecule has 5 nitrogen and oxygen atoms in total. The Kier molecular flexibility index (Phi) is 5.41. The summed E-state index contributed by atoms with van der Waals surface area (Å²) >= 11 is 0. The summed E-state index contributed by atoms with van der Waals surface area (Å²) in [6.07, 6.45) is 4.92. The molecule has 0 aromatic carbocycles. The lowest BCUT2D eigenvalue weighted by Crippen LogP contribution is -2.44. The van der Waals surface area contributed by atoms with E-state index in [1.807, 2.05) is 6.92 Å². The molecule has 2 aliphatic rings. The van der Waals surface area contributed by atoms with Crippen LogP contribution in [0.1, 0.15) is 52.4 Å². The molecule has 0 aliphatic heterocycles. The summed E-state index contributed by atoms with van der Waals surface area (Å²) in [6, 6.07) is 0. The second-order valence-corrected chi connectivity index (χ2v) is 7.82. The molecule has 0 aromatic heterocycles. The molecule has 2 fully saturated rings. The highest BCUT2D eigenvalue weighted by atomic mass is 16.3. The summed E-state index contributed by atoms with van der Waals surface area (Å²) in [6.45, 7) is 8.72. The molecule has 0 saturated heterocycles. The highest BCUT2D eigenvalue weighted by molar-refractivity contribution is 5.77. The van der Waals surface area contributed by atoms with E-state index in [4.69, 9.17) is 5.73 Å². The van der Waals surface area contributed by atoms with Crippen LogP contribution in [-0.2, 0) is 0 Å². The molecule has 23 heavy (non-hydrogen) atoms. The quantitative estimate of drug-likeness (QED) is 0.361. The summed E-state index contributed by atoms with van der Waals surface area (Å²) in [4.78, 5) is 3.88. The normalized spacial score (nSPS) is 41.3. The van der Waals surface area contributed by atoms with Gasteiger partial charge in [-0.2, -0.15) is 0 Å². The van der Waals surface area contributed by atoms with E-state index in [1.54, 1.807) is 7.05 Å². The van der Waals surface area contributed by atoms with Crippen molar-refractivity contribution in [3.05, 3.63) is 12.2 Å². The van der Waals surface area contributed by atoms with Gasteiger partial charge in [-0.3, -0.25) is 4.99 Å². The highest BCUT2D eigenvalue weighted by Gasteiger charge is 2.54. The minimum Gasteiger partial charge on any atom is -0.390 e. The van der Waals surface area contributed by atoms with Crippen molar-refractivity contribution in [2.75, 3.05) is 13.6 Å². The number of nitrogens with two attached hydrogens (primary N) is 1. The van der Waals surface area contributed by atoms with Gasteiger partial charge in [0.1, 0.15) is 0 Å². The topological polar surface area (TPSA) is 90.9 Å². The third-order valence-corrected chi connectivity index (χ3v) is 6.20. The van der Waals surface area contributed by atoms with Crippen molar-refractivity contribution in [1.29, 1.82) is 0 Å². The van der Waals surface area contributed by atoms with E-state index in [1.165, 1.54) is 0 Å². The van der Waals surface area contributed by atoms with Crippen LogP contribution in [0.3, 0.4) is 0 Å². The van der Waals surface area contributed by atoms with Gasteiger partial charge in [-0.15, -0.1) is 0 Å². The van der Waals surface area contributed by atoms with Crippen molar-refractivity contribution in [3.8, 4) is 0 Å². The van der Waals surface area contributed by atoms with Gasteiger partial charge in [0.2, 0.25) is 0 Å². The standard InChI is InChI=1S/C18H33N3O2/c1-12(2)13-5-7-17(3,22)14-6-8-18(23,15(14)11-13)9-10-21-16(19)20-4/h13-15,22-23H,1,5-11H2,2-4H3,(H3,19,20,21). The third-order valence-electron chi connectivity index (χ3n) is 6.20. The number of aliphatic imine (C=N–C) groups is 1. The maximum absolute atomic E-state index is 11.3. The van der Waals surface area contributed by atoms with Crippen LogP contribution in [0.15, 0.2) is 17.1 Å². The number of rotatable bonds is 4. The van der Waals surface area contributed by atoms with E-state index >= 15 is 0 Å². The van der Waals surface area contributed by atoms with Crippen molar-refractivity contribution in [1.82, 2.24) is 5.32 Å². The predicted octanol–water partition coefficient (Wildman–Crippen LogP) is 1.80. The first-order chi connectivity index (χ1) is 10.7. The van der Waals surface area contributed by atoms with Crippen LogP contribution >= 0.6 is 0 Å². The first-order valence-corrected chi connectivity index (χ1v) is 8.76. The van der Waals surface area contributed by atoms with Crippen molar-refractivity contribution >= 4 is 5.96 Å². The van der Waals surface area contributed by atoms with Gasteiger partial charge in [-0.25, -0.2) is 0 Å². The van der Waals surface area contributed by atoms with Gasteiger partial charge >= 0.3 is 0 Å². The minimum absolute atomic E-state index is 0.114. The van der Waals surface area contributed by atoms with Crippen LogP contribution in [0.4, 0.5) is 0 Å². The molecular formula is C18H33N3O2. The molecule has 2 aliphatic carbocycles. The molecule has 5 unspecified atom stereocenters. The predicted molar refractivity (Wildman–Crippen MR) is 94.1 cm³/mol. The fourth-order valence-corrected chi connectivity index (χ4v) is 4.61. The summed E-state index contributed by atoms with van der Waals surface area (Å²) in [7, 11) is 1.64. The lowest BCUT2D eigenvalue weighted by Gasteiger charge is -2.37. The molecule has 0 spiro atoms. The van der Waals surface area contributed by atoms with Crippen molar-refractivity contribution < 1.29 is 10.2 Å². The molecule has 0 radical (unpaired) electrons. The van der Waals surface area contributed by atoms with Gasteiger partial charge in [0.25, 0.3) is 0 Å². The largest absolute Gasteiger partial charge is 0.390 e. The van der Waals surface area contributed by atoms with Gasteiger partial charge in [-0.1, -0.05) is 12.2 Å². The Morgan fingerprint density at radius 3 is 2.61 bits per heavy atom. The zero-order valence-corrected chi connectivity index (χ0v) is 14.8. The van der Waals surface area contributed by atoms with E-state index < -0.39 is 11.2 Å². The summed E-state index contributed by atoms with van der Waals surface area (Å²) in [5.41, 5.74) is 5.39. The molecule has 5 atom stereocenters. The van der Waals surface area contributed by atoms with E-state index in [0.29, 0.717) is 24.8 Å². The second kappa shape index (κ2) is 6.81. The zero-order valence-electron chi connectivity index (χ0n) is 14.8. The second-order valence-electron chi connectivity index (χ2n) is 7.82. The fourth-order valence-electron chi connectivity index (χ4n) is 4.61. The molecule has 2 saturated carbocycles. The fraction of sp³-hybridized carbons (Fsp3) is 0.833. The number of nitrogens with one attached hydrogen (secondary N) is 1. The smallest absolute Gasteiger partial charge is 0.188 e. The summed E-state index contributed by atoms with van der Waals surface area (Å²) in [5.74, 6) is 1.06. The molecule has 0 heterocycles. The molecule has 0 amide bonds. The zero-order chi connectivity index (χ0) is 17.3. The third kappa shape index (κ3) is 3.89. The number of nitrogens with zero attached hydrogens (tertiary/aromatic N) is 1. The van der Waals surface area contributed by atoms with Gasteiger partial charge < -0.3 is 21.3 Å². The lowest BCUT2D eigenvalue weighted by atomic mass is 9.74. The van der Waals surface area contributed by atoms with Crippen molar-refractivity contribution in [2.24, 2.45) is 28.5 Å². The van der Waals surface area contributed by atoms with Crippen LogP contribution in [0.25, 0.3) is 0 Å². The van der Waals surface area contributed by atoms with Gasteiger partial charge in [0.15, 0.2) is 5.96 Å². The molecule has 132 valence electrons. The molecule has 2 rings (SSSR count). The van der Waals surface area contributed by atoms with Crippen LogP contribution < -0.4 is 11.1 Å². The Labute approximate surface area is 140 Å². The van der Waals surface area contributed by atoms with Crippen LogP contribution in [-0.4, -0.2) is 41.0 Å². The Balaban J connectivity index is 2.14. The molecular weight excluding hydrogens is 290 g/mol. The SMILES string of the molecule is C=C(C)C1CCC(C)(O)C2CCC(O)(CCNC(N)=NC)C2C1. The van der Waals surface area contributed by atoms with Gasteiger partial charge in [-0.05, 0) is 70.1 Å². The van der Waals surface area contributed by atoms with E-state index in [9.17, 15) is 10.2 Å². The highest BCUT2D eigenvalue weighted by Crippen LogP contribution is 2.53. The van der Waals surface area contributed by atoms with E-state index in [-0.39, 0.29) is 11.8 Å². The Hall–Kier alpha value is -1.07. The first-order valence-electron chi connectivity index (χ1n) is 8.76. The first kappa shape index (κ1) is 18.3. The number of allylic oxidation sites excluding steroid dienone is 1. The number of hydrogen-bond donors (Lipinski definition) is 4. The average Bonchev–Trinajstić information content (AvgIpc) is 2.72. The number of guanidine groups is 1. The van der Waals surface area contributed by atoms with E-state index in [0.717, 1.165) is 37.7 Å². The average molecular weight is 323 g/mol. The monoisotopic (exact) mass is 323 g/mol. The number of aliphatic hydroxyl groups is 2. The maximum atomic E-state index is 11.3. The molecule has 5 N–H and O–H groups in total. The van der Waals surface area contributed by atoms with Crippen molar-refractivity contribution in [2.45, 2.75) is 63.6 Å². The minimum atomic E-state index is -0.742. The molecule has 0 bridgehead atoms. The van der Waals surface area contributed by atoms with Crippen molar-refractivity contribution in [3.63, 3.8) is 0 Å². The number of hydrogen-bond acceptors (Lipinski definition) is 3. The summed E-state index contributed by atoms with van der Waals surface area (Å²) in [5, 5.41) is 25.2. The Bertz CT molecular complexity index is 475. The number of fused-ring (bicyclic) bond motifs is 1. The Morgan fingerprint density at radius 1 is 1.30 bits per heavy atom. The Morgan fingerprint density at radius 2 is 2.00 bits per heavy atom. The van der Waals surface area contributed by atoms with Crippen LogP contribution in [0.5, 0.6) is 0 Å². The molecule has 5 heteroatoms. The summed E-state index contributed by atoms with van der Waals surface area (Å²) < 4.78 is 0. The van der Waals surface area contributed by atoms with Crippen LogP contribution in [0.2, 0.25) is 0 Å². The lowest BCUT2D eigenvalue weighted by molar-refractivity contribution is -0.0641. The maximum Gasteiger partial charge on any atom is 0.188 e. The van der Waals surface area contributed by atoms with E-state index in [2.05, 4.69) is 23.8 Å². The van der Waals surface area contributed by atoms with Gasteiger partial charge in [0.05, 0.1) is 11.2 Å². The van der Waals surface area contributed by atoms with Crippen LogP contribution in [0, 0.1) is 17.8 Å².